The van der Waals surface area contributed by atoms with Crippen molar-refractivity contribution in [2.75, 3.05) is 0 Å². The Balaban J connectivity index is 3.00. The topological polar surface area (TPSA) is 80.5 Å². The van der Waals surface area contributed by atoms with E-state index in [4.69, 9.17) is 4.52 Å². The van der Waals surface area contributed by atoms with E-state index in [9.17, 15) is 0 Å². The van der Waals surface area contributed by atoms with Crippen LogP contribution < -0.4 is 0 Å². The number of rotatable bonds is 0. The van der Waals surface area contributed by atoms with E-state index in [0.29, 0.717) is 0 Å². The Morgan fingerprint density at radius 2 is 0.821 bits per heavy atom. The number of hydrogen-bond acceptors (Lipinski definition) is 5. The Hall–Kier alpha value is -4.06. The van der Waals surface area contributed by atoms with Crippen molar-refractivity contribution in [2.24, 2.45) is 0 Å². The SMILES string of the molecule is c1ccccccccccco[nH]nnnncccccccccc1. The van der Waals surface area contributed by atoms with Gasteiger partial charge in [0.05, 0.1) is 6.20 Å². The molecular formula is C22H23N5O. The van der Waals surface area contributed by atoms with Crippen LogP contribution in [0.5, 0.6) is 0 Å². The molecule has 0 atom stereocenters. The van der Waals surface area contributed by atoms with Gasteiger partial charge in [0, 0.05) is 0 Å². The highest BCUT2D eigenvalue weighted by Gasteiger charge is 1.60. The molecule has 0 fully saturated rings. The smallest absolute Gasteiger partial charge is 0.121 e. The summed E-state index contributed by atoms with van der Waals surface area (Å²) in [6, 6.07) is 38.0. The van der Waals surface area contributed by atoms with E-state index in [-0.39, 0.29) is 0 Å². The van der Waals surface area contributed by atoms with Gasteiger partial charge in [0.1, 0.15) is 6.26 Å². The maximum Gasteiger partial charge on any atom is 0.121 e. The van der Waals surface area contributed by atoms with Crippen LogP contribution in [0.2, 0.25) is 0 Å². The summed E-state index contributed by atoms with van der Waals surface area (Å²) in [4.78, 5) is 0. The Morgan fingerprint density at radius 3 is 1.29 bits per heavy atom. The molecule has 1 aromatic rings. The first kappa shape index (κ1) is 22.0. The number of nitrogens with one attached hydrogen (secondary N) is 1. The molecule has 0 saturated carbocycles. The molecule has 6 nitrogen and oxygen atoms in total. The molecule has 0 saturated heterocycles. The van der Waals surface area contributed by atoms with E-state index < -0.39 is 0 Å². The molecule has 142 valence electrons. The Labute approximate surface area is 164 Å². The fourth-order valence-corrected chi connectivity index (χ4v) is 1.47. The third-order valence-corrected chi connectivity index (χ3v) is 2.64. The van der Waals surface area contributed by atoms with Gasteiger partial charge in [-0.1, -0.05) is 109 Å². The average Bonchev–Trinajstić information content (AvgIpc) is 2.71. The second-order valence-corrected chi connectivity index (χ2v) is 4.74. The van der Waals surface area contributed by atoms with Gasteiger partial charge in [0.25, 0.3) is 0 Å². The number of nitrogens with zero attached hydrogens (tertiary/aromatic N) is 4. The second kappa shape index (κ2) is 19.3. The molecular weight excluding hydrogens is 350 g/mol. The van der Waals surface area contributed by atoms with Crippen molar-refractivity contribution in [1.82, 2.24) is 26.0 Å². The van der Waals surface area contributed by atoms with Crippen LogP contribution >= 0.6 is 0 Å². The molecule has 0 aliphatic heterocycles. The maximum atomic E-state index is 4.87. The molecule has 0 unspecified atom stereocenters. The average molecular weight is 373 g/mol. The summed E-state index contributed by atoms with van der Waals surface area (Å²) in [5, 5.41) is 16.2. The van der Waals surface area contributed by atoms with Crippen LogP contribution in [-0.2, 0) is 0 Å². The van der Waals surface area contributed by atoms with E-state index >= 15 is 0 Å². The molecule has 6 heteroatoms. The number of aromatic nitrogens is 5. The van der Waals surface area contributed by atoms with Crippen molar-refractivity contribution >= 4 is 0 Å². The number of aromatic amines is 1. The van der Waals surface area contributed by atoms with Crippen LogP contribution in [0.25, 0.3) is 0 Å². The number of H-pyrrole nitrogens is 1. The molecule has 1 aromatic heterocycles. The molecule has 0 bridgehead atoms. The summed E-state index contributed by atoms with van der Waals surface area (Å²) in [6.07, 6.45) is 2.91. The van der Waals surface area contributed by atoms with Gasteiger partial charge in [-0.3, -0.25) is 0 Å². The first-order chi connectivity index (χ1) is 14.0. The van der Waals surface area contributed by atoms with Gasteiger partial charge in [-0.05, 0) is 27.8 Å². The van der Waals surface area contributed by atoms with Crippen LogP contribution in [0.1, 0.15) is 0 Å². The largest absolute Gasteiger partial charge is 0.372 e. The van der Waals surface area contributed by atoms with Gasteiger partial charge >= 0.3 is 0 Å². The highest BCUT2D eigenvalue weighted by atomic mass is 16.5. The molecule has 1 rings (SSSR count). The van der Waals surface area contributed by atoms with Crippen LogP contribution in [0, 0.1) is 0 Å². The lowest BCUT2D eigenvalue weighted by atomic mass is 10.4. The van der Waals surface area contributed by atoms with Crippen molar-refractivity contribution in [3.63, 3.8) is 0 Å². The third-order valence-electron chi connectivity index (χ3n) is 2.64. The summed E-state index contributed by atoms with van der Waals surface area (Å²) in [5.41, 5.74) is 0. The minimum absolute atomic E-state index is 1.42. The summed E-state index contributed by atoms with van der Waals surface area (Å²) in [7, 11) is 0. The van der Waals surface area contributed by atoms with E-state index in [1.807, 2.05) is 109 Å². The van der Waals surface area contributed by atoms with Crippen molar-refractivity contribution < 1.29 is 4.52 Å². The van der Waals surface area contributed by atoms with E-state index in [1.165, 1.54) is 12.5 Å². The zero-order chi connectivity index (χ0) is 19.8. The minimum atomic E-state index is 1.42. The van der Waals surface area contributed by atoms with Crippen LogP contribution in [0.3, 0.4) is 0 Å². The molecule has 1 N–H and O–H groups in total. The lowest BCUT2D eigenvalue weighted by Crippen LogP contribution is -1.83. The highest BCUT2D eigenvalue weighted by Crippen LogP contribution is 1.80. The van der Waals surface area contributed by atoms with E-state index in [1.54, 1.807) is 12.1 Å². The van der Waals surface area contributed by atoms with E-state index in [2.05, 4.69) is 26.0 Å². The Bertz CT molecular complexity index is 524. The summed E-state index contributed by atoms with van der Waals surface area (Å²) in [6.45, 7) is 0. The zero-order valence-corrected chi connectivity index (χ0v) is 15.4. The predicted octanol–water partition coefficient (Wildman–Crippen LogP) is 4.93. The molecule has 0 radical (unpaired) electrons. The lowest BCUT2D eigenvalue weighted by molar-refractivity contribution is 0.351. The summed E-state index contributed by atoms with van der Waals surface area (Å²) < 4.78 is 4.87. The van der Waals surface area contributed by atoms with Gasteiger partial charge in [-0.2, -0.15) is 0 Å². The number of hydrogen-bond donors (Lipinski definition) is 1. The monoisotopic (exact) mass is 373 g/mol. The van der Waals surface area contributed by atoms with Gasteiger partial charge in [-0.25, -0.2) is 0 Å². The summed E-state index contributed by atoms with van der Waals surface area (Å²) >= 11 is 0. The molecule has 0 aliphatic carbocycles. The van der Waals surface area contributed by atoms with Crippen molar-refractivity contribution in [3.05, 3.63) is 134 Å². The second-order valence-electron chi connectivity index (χ2n) is 4.74. The minimum Gasteiger partial charge on any atom is -0.372 e. The van der Waals surface area contributed by atoms with Crippen LogP contribution in [0.15, 0.2) is 138 Å². The molecule has 1 heterocycles. The first-order valence-corrected chi connectivity index (χ1v) is 8.52. The van der Waals surface area contributed by atoms with Gasteiger partial charge in [0.2, 0.25) is 0 Å². The standard InChI is InChI=1S/C22H23N5O/c1-2-4-6-8-10-12-14-16-18-20-22-28-27-26-25-24-23-21-19-17-15-13-11-9-7-5-3-1/h1-22H,(H,23,25,27). The quantitative estimate of drug-likeness (QED) is 0.697. The van der Waals surface area contributed by atoms with Gasteiger partial charge in [-0.15, -0.1) is 10.4 Å². The van der Waals surface area contributed by atoms with Gasteiger partial charge in [0.15, 0.2) is 0 Å². The highest BCUT2D eigenvalue weighted by molar-refractivity contribution is 4.99. The maximum absolute atomic E-state index is 4.87. The van der Waals surface area contributed by atoms with Gasteiger partial charge < -0.3 is 4.52 Å². The molecule has 0 spiro atoms. The summed E-state index contributed by atoms with van der Waals surface area (Å²) in [5.74, 6) is 0. The Kier molecular flexibility index (Phi) is 15.1. The normalized spacial score (nSPS) is 8.00. The van der Waals surface area contributed by atoms with Crippen molar-refractivity contribution in [3.8, 4) is 0 Å². The van der Waals surface area contributed by atoms with Crippen molar-refractivity contribution in [2.45, 2.75) is 0 Å². The van der Waals surface area contributed by atoms with Crippen LogP contribution in [0.4, 0.5) is 0 Å². The predicted molar refractivity (Wildman–Crippen MR) is 110 cm³/mol. The first-order valence-electron chi connectivity index (χ1n) is 8.52. The fraction of sp³-hybridized carbons (Fsp3) is 0. The van der Waals surface area contributed by atoms with E-state index in [0.717, 1.165) is 0 Å². The zero-order valence-electron chi connectivity index (χ0n) is 15.4. The Morgan fingerprint density at radius 1 is 0.429 bits per heavy atom. The molecule has 0 aromatic carbocycles. The fourth-order valence-electron chi connectivity index (χ4n) is 1.47. The van der Waals surface area contributed by atoms with Crippen molar-refractivity contribution in [1.29, 1.82) is 0 Å². The lowest BCUT2D eigenvalue weighted by Gasteiger charge is -1.70. The molecule has 0 aliphatic rings. The van der Waals surface area contributed by atoms with Crippen LogP contribution in [-0.4, -0.2) is 26.0 Å². The third kappa shape index (κ3) is 16.8. The molecule has 0 amide bonds. The molecule has 28 heavy (non-hydrogen) atoms.